The Kier molecular flexibility index (Phi) is 3.55. The molecule has 0 aliphatic heterocycles. The summed E-state index contributed by atoms with van der Waals surface area (Å²) < 4.78 is 5.15. The van der Waals surface area contributed by atoms with Crippen LogP contribution in [0.3, 0.4) is 0 Å². The summed E-state index contributed by atoms with van der Waals surface area (Å²) in [5.41, 5.74) is 6.10. The van der Waals surface area contributed by atoms with E-state index in [4.69, 9.17) is 10.2 Å². The molecule has 0 aliphatic carbocycles. The van der Waals surface area contributed by atoms with Gasteiger partial charge in [-0.2, -0.15) is 0 Å². The van der Waals surface area contributed by atoms with E-state index in [2.05, 4.69) is 0 Å². The van der Waals surface area contributed by atoms with Crippen molar-refractivity contribution in [3.8, 4) is 0 Å². The van der Waals surface area contributed by atoms with Crippen LogP contribution in [0.1, 0.15) is 24.2 Å². The van der Waals surface area contributed by atoms with E-state index in [1.165, 1.54) is 6.07 Å². The fourth-order valence-corrected chi connectivity index (χ4v) is 1.97. The molecule has 5 heteroatoms. The molecule has 0 saturated heterocycles. The summed E-state index contributed by atoms with van der Waals surface area (Å²) in [6.45, 7) is 4.82. The Balaban J connectivity index is 2.57. The van der Waals surface area contributed by atoms with Crippen LogP contribution in [0.5, 0.6) is 0 Å². The highest BCUT2D eigenvalue weighted by Gasteiger charge is 2.18. The molecule has 2 aromatic rings. The number of nitrogens with two attached hydrogens (primary N) is 1. The number of carbonyl (C=O) groups excluding carboxylic acids is 1. The molecule has 0 spiro atoms. The highest BCUT2D eigenvalue weighted by molar-refractivity contribution is 5.97. The summed E-state index contributed by atoms with van der Waals surface area (Å²) in [5.74, 6) is -0.317. The number of benzene rings is 1. The molecule has 1 aromatic heterocycles. The molecule has 1 amide bonds. The van der Waals surface area contributed by atoms with Gasteiger partial charge in [-0.05, 0) is 38.1 Å². The van der Waals surface area contributed by atoms with Gasteiger partial charge in [-0.1, -0.05) is 0 Å². The number of carbonyl (C=O) groups is 1. The van der Waals surface area contributed by atoms with Gasteiger partial charge in [0.1, 0.15) is 11.1 Å². The summed E-state index contributed by atoms with van der Waals surface area (Å²) in [5, 5.41) is 0.648. The molecule has 0 atom stereocenters. The molecule has 1 heterocycles. The van der Waals surface area contributed by atoms with Crippen molar-refractivity contribution >= 4 is 22.6 Å². The minimum absolute atomic E-state index is 0.0433. The summed E-state index contributed by atoms with van der Waals surface area (Å²) in [7, 11) is 0. The molecule has 0 saturated carbocycles. The number of nitrogens with zero attached hydrogens (tertiary/aromatic N) is 1. The van der Waals surface area contributed by atoms with Crippen LogP contribution in [0.15, 0.2) is 33.5 Å². The van der Waals surface area contributed by atoms with Crippen molar-refractivity contribution in [3.63, 3.8) is 0 Å². The van der Waals surface area contributed by atoms with E-state index in [0.717, 1.165) is 0 Å². The Bertz CT molecular complexity index is 672. The average Bonchev–Trinajstić information content (AvgIpc) is 2.39. The maximum Gasteiger partial charge on any atom is 0.349 e. The third kappa shape index (κ3) is 2.45. The topological polar surface area (TPSA) is 76.5 Å². The summed E-state index contributed by atoms with van der Waals surface area (Å²) >= 11 is 0. The molecule has 2 rings (SSSR count). The zero-order valence-corrected chi connectivity index (χ0v) is 11.0. The third-order valence-electron chi connectivity index (χ3n) is 3.04. The van der Waals surface area contributed by atoms with Gasteiger partial charge in [-0.15, -0.1) is 0 Å². The second-order valence-corrected chi connectivity index (χ2v) is 4.22. The standard InChI is InChI=1S/C14H16N2O3/c1-3-16(4-2)13(17)11-8-9-7-10(15)5-6-12(9)19-14(11)18/h5-8H,3-4,15H2,1-2H3. The van der Waals surface area contributed by atoms with Crippen LogP contribution in [0.25, 0.3) is 11.0 Å². The quantitative estimate of drug-likeness (QED) is 0.675. The zero-order chi connectivity index (χ0) is 14.0. The number of fused-ring (bicyclic) bond motifs is 1. The molecule has 0 fully saturated rings. The van der Waals surface area contributed by atoms with Crippen LogP contribution in [0.2, 0.25) is 0 Å². The number of anilines is 1. The van der Waals surface area contributed by atoms with Crippen LogP contribution in [0.4, 0.5) is 5.69 Å². The molecule has 100 valence electrons. The minimum atomic E-state index is -0.617. The minimum Gasteiger partial charge on any atom is -0.422 e. The molecule has 0 unspecified atom stereocenters. The molecular weight excluding hydrogens is 244 g/mol. The number of hydrogen-bond donors (Lipinski definition) is 1. The van der Waals surface area contributed by atoms with Crippen LogP contribution in [-0.2, 0) is 0 Å². The van der Waals surface area contributed by atoms with E-state index < -0.39 is 5.63 Å². The van der Waals surface area contributed by atoms with Gasteiger partial charge in [0.15, 0.2) is 0 Å². The van der Waals surface area contributed by atoms with Gasteiger partial charge < -0.3 is 15.1 Å². The van der Waals surface area contributed by atoms with Crippen LogP contribution < -0.4 is 11.4 Å². The van der Waals surface area contributed by atoms with E-state index in [-0.39, 0.29) is 11.5 Å². The second-order valence-electron chi connectivity index (χ2n) is 4.22. The molecule has 19 heavy (non-hydrogen) atoms. The Morgan fingerprint density at radius 2 is 1.95 bits per heavy atom. The van der Waals surface area contributed by atoms with Gasteiger partial charge in [0.05, 0.1) is 0 Å². The third-order valence-corrected chi connectivity index (χ3v) is 3.04. The number of nitrogen functional groups attached to an aromatic ring is 1. The van der Waals surface area contributed by atoms with Crippen molar-refractivity contribution in [2.24, 2.45) is 0 Å². The van der Waals surface area contributed by atoms with Gasteiger partial charge in [-0.3, -0.25) is 4.79 Å². The van der Waals surface area contributed by atoms with Gasteiger partial charge in [0.2, 0.25) is 0 Å². The average molecular weight is 260 g/mol. The molecule has 1 aromatic carbocycles. The Morgan fingerprint density at radius 3 is 2.58 bits per heavy atom. The maximum absolute atomic E-state index is 12.2. The van der Waals surface area contributed by atoms with Crippen molar-refractivity contribution < 1.29 is 9.21 Å². The predicted molar refractivity (Wildman–Crippen MR) is 74.1 cm³/mol. The first-order valence-electron chi connectivity index (χ1n) is 6.19. The predicted octanol–water partition coefficient (Wildman–Crippen LogP) is 1.86. The van der Waals surface area contributed by atoms with Crippen molar-refractivity contribution in [3.05, 3.63) is 40.2 Å². The van der Waals surface area contributed by atoms with E-state index in [1.807, 2.05) is 13.8 Å². The van der Waals surface area contributed by atoms with Gasteiger partial charge in [-0.25, -0.2) is 4.79 Å². The van der Waals surface area contributed by atoms with E-state index in [1.54, 1.807) is 23.1 Å². The molecule has 0 aliphatic rings. The van der Waals surface area contributed by atoms with Crippen LogP contribution in [-0.4, -0.2) is 23.9 Å². The molecule has 2 N–H and O–H groups in total. The van der Waals surface area contributed by atoms with E-state index in [0.29, 0.717) is 29.7 Å². The highest BCUT2D eigenvalue weighted by Crippen LogP contribution is 2.17. The number of amides is 1. The van der Waals surface area contributed by atoms with E-state index in [9.17, 15) is 9.59 Å². The van der Waals surface area contributed by atoms with Gasteiger partial charge in [0.25, 0.3) is 5.91 Å². The first-order valence-corrected chi connectivity index (χ1v) is 6.19. The van der Waals surface area contributed by atoms with Crippen LogP contribution >= 0.6 is 0 Å². The Morgan fingerprint density at radius 1 is 1.26 bits per heavy atom. The lowest BCUT2D eigenvalue weighted by molar-refractivity contribution is 0.0769. The van der Waals surface area contributed by atoms with Crippen LogP contribution in [0, 0.1) is 0 Å². The monoisotopic (exact) mass is 260 g/mol. The summed E-state index contributed by atoms with van der Waals surface area (Å²) in [4.78, 5) is 25.6. The maximum atomic E-state index is 12.2. The molecule has 0 radical (unpaired) electrons. The fraction of sp³-hybridized carbons (Fsp3) is 0.286. The first kappa shape index (κ1) is 13.1. The first-order chi connectivity index (χ1) is 9.06. The Labute approximate surface area is 110 Å². The molecule has 0 bridgehead atoms. The lowest BCUT2D eigenvalue weighted by Gasteiger charge is -2.17. The second kappa shape index (κ2) is 5.14. The zero-order valence-electron chi connectivity index (χ0n) is 11.0. The van der Waals surface area contributed by atoms with E-state index >= 15 is 0 Å². The molecular formula is C14H16N2O3. The number of rotatable bonds is 3. The summed E-state index contributed by atoms with van der Waals surface area (Å²) in [6, 6.07) is 6.49. The Hall–Kier alpha value is -2.30. The lowest BCUT2D eigenvalue weighted by atomic mass is 10.1. The van der Waals surface area contributed by atoms with Crippen molar-refractivity contribution in [2.75, 3.05) is 18.8 Å². The smallest absolute Gasteiger partial charge is 0.349 e. The number of hydrogen-bond acceptors (Lipinski definition) is 4. The lowest BCUT2D eigenvalue weighted by Crippen LogP contribution is -2.33. The van der Waals surface area contributed by atoms with Crippen molar-refractivity contribution in [1.82, 2.24) is 4.90 Å². The summed E-state index contributed by atoms with van der Waals surface area (Å²) in [6.07, 6.45) is 0. The van der Waals surface area contributed by atoms with Gasteiger partial charge >= 0.3 is 5.63 Å². The normalized spacial score (nSPS) is 10.6. The largest absolute Gasteiger partial charge is 0.422 e. The van der Waals surface area contributed by atoms with Crippen molar-refractivity contribution in [2.45, 2.75) is 13.8 Å². The van der Waals surface area contributed by atoms with Gasteiger partial charge in [0, 0.05) is 24.2 Å². The molecule has 5 nitrogen and oxygen atoms in total. The fourth-order valence-electron chi connectivity index (χ4n) is 1.97. The highest BCUT2D eigenvalue weighted by atomic mass is 16.4. The van der Waals surface area contributed by atoms with Crippen molar-refractivity contribution in [1.29, 1.82) is 0 Å². The SMILES string of the molecule is CCN(CC)C(=O)c1cc2cc(N)ccc2oc1=O.